The number of ether oxygens (including phenoxy) is 1. The van der Waals surface area contributed by atoms with Gasteiger partial charge in [-0.3, -0.25) is 4.90 Å². The first-order chi connectivity index (χ1) is 12.0. The molecule has 3 aliphatic heterocycles. The van der Waals surface area contributed by atoms with Crippen molar-refractivity contribution in [3.05, 3.63) is 35.6 Å². The molecule has 3 saturated heterocycles. The number of benzene rings is 1. The van der Waals surface area contributed by atoms with Gasteiger partial charge in [0.2, 0.25) is 10.0 Å². The van der Waals surface area contributed by atoms with E-state index in [0.717, 1.165) is 24.9 Å². The summed E-state index contributed by atoms with van der Waals surface area (Å²) >= 11 is 0. The van der Waals surface area contributed by atoms with Crippen molar-refractivity contribution in [2.24, 2.45) is 11.8 Å². The number of halogens is 1. The molecule has 1 saturated carbocycles. The number of nitrogens with zero attached hydrogens (tertiary/aromatic N) is 2. The van der Waals surface area contributed by atoms with Crippen LogP contribution in [-0.4, -0.2) is 61.3 Å². The fraction of sp³-hybridized carbons (Fsp3) is 0.667. The standard InChI is InChI=1S/C18H23FN2O3S/c19-14-5-3-12(4-6-14)7-20-10-16-15-9-21(8-13-1-2-13)25(22,23)18(15)17(11-20)24-16/h3-6,13,15-18H,1-2,7-11H2/t15-,16+,17+,18-/m0/s1. The Morgan fingerprint density at radius 2 is 1.80 bits per heavy atom. The minimum atomic E-state index is -3.24. The Morgan fingerprint density at radius 1 is 1.08 bits per heavy atom. The Labute approximate surface area is 147 Å². The van der Waals surface area contributed by atoms with E-state index in [4.69, 9.17) is 4.74 Å². The van der Waals surface area contributed by atoms with Crippen molar-refractivity contribution in [3.63, 3.8) is 0 Å². The molecule has 3 heterocycles. The third kappa shape index (κ3) is 2.81. The fourth-order valence-electron chi connectivity index (χ4n) is 4.69. The molecule has 2 bridgehead atoms. The highest BCUT2D eigenvalue weighted by molar-refractivity contribution is 7.90. The summed E-state index contributed by atoms with van der Waals surface area (Å²) in [5.41, 5.74) is 1.05. The Morgan fingerprint density at radius 3 is 2.52 bits per heavy atom. The molecule has 136 valence electrons. The van der Waals surface area contributed by atoms with Crippen LogP contribution in [0.15, 0.2) is 24.3 Å². The van der Waals surface area contributed by atoms with E-state index in [9.17, 15) is 12.8 Å². The summed E-state index contributed by atoms with van der Waals surface area (Å²) < 4.78 is 46.8. The van der Waals surface area contributed by atoms with Crippen molar-refractivity contribution in [2.75, 3.05) is 26.2 Å². The van der Waals surface area contributed by atoms with Gasteiger partial charge in [0, 0.05) is 38.6 Å². The number of hydrogen-bond donors (Lipinski definition) is 0. The van der Waals surface area contributed by atoms with Gasteiger partial charge in [-0.25, -0.2) is 17.1 Å². The molecule has 4 aliphatic rings. The van der Waals surface area contributed by atoms with Crippen molar-refractivity contribution >= 4 is 10.0 Å². The van der Waals surface area contributed by atoms with Gasteiger partial charge in [0.05, 0.1) is 12.2 Å². The normalized spacial score (nSPS) is 37.3. The maximum absolute atomic E-state index is 13.1. The second-order valence-corrected chi connectivity index (χ2v) is 10.1. The quantitative estimate of drug-likeness (QED) is 0.809. The summed E-state index contributed by atoms with van der Waals surface area (Å²) in [5, 5.41) is -0.380. The van der Waals surface area contributed by atoms with Gasteiger partial charge < -0.3 is 4.74 Å². The van der Waals surface area contributed by atoms with Crippen LogP contribution >= 0.6 is 0 Å². The van der Waals surface area contributed by atoms with E-state index in [2.05, 4.69) is 4.90 Å². The second-order valence-electron chi connectivity index (χ2n) is 7.97. The zero-order valence-corrected chi connectivity index (χ0v) is 14.9. The summed E-state index contributed by atoms with van der Waals surface area (Å²) in [6.07, 6.45) is 2.08. The fourth-order valence-corrected chi connectivity index (χ4v) is 7.07. The first-order valence-corrected chi connectivity index (χ1v) is 10.6. The number of morpholine rings is 1. The highest BCUT2D eigenvalue weighted by Gasteiger charge is 2.60. The van der Waals surface area contributed by atoms with Gasteiger partial charge in [0.15, 0.2) is 0 Å². The lowest BCUT2D eigenvalue weighted by Gasteiger charge is -2.34. The zero-order valence-electron chi connectivity index (χ0n) is 14.1. The van der Waals surface area contributed by atoms with E-state index in [1.807, 2.05) is 0 Å². The molecule has 1 aromatic rings. The lowest BCUT2D eigenvalue weighted by atomic mass is 10.00. The zero-order chi connectivity index (χ0) is 17.2. The number of rotatable bonds is 4. The van der Waals surface area contributed by atoms with Gasteiger partial charge >= 0.3 is 0 Å². The summed E-state index contributed by atoms with van der Waals surface area (Å²) in [7, 11) is -3.24. The second kappa shape index (κ2) is 5.74. The topological polar surface area (TPSA) is 49.9 Å². The van der Waals surface area contributed by atoms with Crippen molar-refractivity contribution in [1.29, 1.82) is 0 Å². The summed E-state index contributed by atoms with van der Waals surface area (Å²) in [5.74, 6) is 0.429. The first-order valence-electron chi connectivity index (χ1n) is 9.12. The molecule has 0 unspecified atom stereocenters. The van der Waals surface area contributed by atoms with E-state index < -0.39 is 10.0 Å². The highest BCUT2D eigenvalue weighted by atomic mass is 32.2. The molecule has 4 atom stereocenters. The maximum atomic E-state index is 13.1. The summed E-state index contributed by atoms with van der Waals surface area (Å²) in [6.45, 7) is 3.42. The molecule has 0 amide bonds. The van der Waals surface area contributed by atoms with Crippen LogP contribution in [0.25, 0.3) is 0 Å². The summed E-state index contributed by atoms with van der Waals surface area (Å²) in [4.78, 5) is 2.26. The molecule has 5 rings (SSSR count). The molecular weight excluding hydrogens is 343 g/mol. The first kappa shape index (κ1) is 16.2. The van der Waals surface area contributed by atoms with Crippen LogP contribution in [0.1, 0.15) is 18.4 Å². The molecular formula is C18H23FN2O3S. The van der Waals surface area contributed by atoms with Gasteiger partial charge in [-0.2, -0.15) is 0 Å². The molecule has 0 radical (unpaired) electrons. The van der Waals surface area contributed by atoms with Gasteiger partial charge in [-0.15, -0.1) is 0 Å². The average Bonchev–Trinajstić information content (AvgIpc) is 3.29. The van der Waals surface area contributed by atoms with Crippen molar-refractivity contribution in [3.8, 4) is 0 Å². The van der Waals surface area contributed by atoms with Crippen LogP contribution in [0.2, 0.25) is 0 Å². The molecule has 25 heavy (non-hydrogen) atoms. The van der Waals surface area contributed by atoms with E-state index in [1.54, 1.807) is 16.4 Å². The lowest BCUT2D eigenvalue weighted by molar-refractivity contribution is -0.0510. The molecule has 1 aromatic carbocycles. The number of sulfonamides is 1. The minimum absolute atomic E-state index is 0.0109. The third-order valence-corrected chi connectivity index (χ3v) is 8.45. The number of likely N-dealkylation sites (tertiary alicyclic amines) is 1. The van der Waals surface area contributed by atoms with E-state index >= 15 is 0 Å². The maximum Gasteiger partial charge on any atom is 0.220 e. The molecule has 5 nitrogen and oxygen atoms in total. The highest BCUT2D eigenvalue weighted by Crippen LogP contribution is 2.44. The molecule has 0 N–H and O–H groups in total. The largest absolute Gasteiger partial charge is 0.371 e. The molecule has 0 spiro atoms. The minimum Gasteiger partial charge on any atom is -0.371 e. The SMILES string of the molecule is O=S1(=O)[C@H]2[C@@H](CN1CC1CC1)[C@H]1CN(Cc3ccc(F)cc3)C[C@H]2O1. The van der Waals surface area contributed by atoms with Gasteiger partial charge in [0.1, 0.15) is 11.1 Å². The number of fused-ring (bicyclic) bond motifs is 5. The van der Waals surface area contributed by atoms with Crippen molar-refractivity contribution in [1.82, 2.24) is 9.21 Å². The van der Waals surface area contributed by atoms with E-state index in [-0.39, 0.29) is 29.2 Å². The van der Waals surface area contributed by atoms with Gasteiger partial charge in [-0.05, 0) is 36.5 Å². The van der Waals surface area contributed by atoms with E-state index in [0.29, 0.717) is 32.1 Å². The van der Waals surface area contributed by atoms with Crippen LogP contribution in [0, 0.1) is 17.7 Å². The summed E-state index contributed by atoms with van der Waals surface area (Å²) in [6, 6.07) is 6.53. The van der Waals surface area contributed by atoms with Crippen molar-refractivity contribution < 1.29 is 17.5 Å². The van der Waals surface area contributed by atoms with Crippen molar-refractivity contribution in [2.45, 2.75) is 36.8 Å². The van der Waals surface area contributed by atoms with E-state index in [1.165, 1.54) is 12.1 Å². The predicted octanol–water partition coefficient (Wildman–Crippen LogP) is 1.45. The third-order valence-electron chi connectivity index (χ3n) is 6.09. The lowest BCUT2D eigenvalue weighted by Crippen LogP contribution is -2.47. The van der Waals surface area contributed by atoms with Gasteiger partial charge in [0.25, 0.3) is 0 Å². The smallest absolute Gasteiger partial charge is 0.220 e. The molecule has 7 heteroatoms. The average molecular weight is 366 g/mol. The Kier molecular flexibility index (Phi) is 3.71. The monoisotopic (exact) mass is 366 g/mol. The Balaban J connectivity index is 1.31. The van der Waals surface area contributed by atoms with Crippen LogP contribution < -0.4 is 0 Å². The van der Waals surface area contributed by atoms with Crippen LogP contribution in [-0.2, 0) is 21.3 Å². The Bertz CT molecular complexity index is 765. The van der Waals surface area contributed by atoms with Crippen LogP contribution in [0.4, 0.5) is 4.39 Å². The molecule has 0 aromatic heterocycles. The van der Waals surface area contributed by atoms with Crippen LogP contribution in [0.5, 0.6) is 0 Å². The molecule has 4 fully saturated rings. The predicted molar refractivity (Wildman–Crippen MR) is 90.8 cm³/mol. The Hall–Kier alpha value is -1.02. The van der Waals surface area contributed by atoms with Gasteiger partial charge in [-0.1, -0.05) is 12.1 Å². The number of hydrogen-bond acceptors (Lipinski definition) is 4. The van der Waals surface area contributed by atoms with Crippen LogP contribution in [0.3, 0.4) is 0 Å². The molecule has 1 aliphatic carbocycles.